The number of aromatic nitrogens is 2. The lowest BCUT2D eigenvalue weighted by atomic mass is 9.96. The highest BCUT2D eigenvalue weighted by molar-refractivity contribution is 5.99. The van der Waals surface area contributed by atoms with Gasteiger partial charge in [0.1, 0.15) is 11.3 Å². The zero-order valence-electron chi connectivity index (χ0n) is 18.0. The Balaban J connectivity index is 1.88. The fourth-order valence-corrected chi connectivity index (χ4v) is 3.63. The van der Waals surface area contributed by atoms with Crippen LogP contribution in [-0.2, 0) is 9.47 Å². The molecule has 2 aromatic carbocycles. The van der Waals surface area contributed by atoms with Gasteiger partial charge in [-0.3, -0.25) is 9.97 Å². The smallest absolute Gasteiger partial charge is 0.339 e. The number of nitrogens with zero attached hydrogens (tertiary/aromatic N) is 2. The number of hydrogen-bond acceptors (Lipinski definition) is 8. The maximum absolute atomic E-state index is 12.4. The Kier molecular flexibility index (Phi) is 6.17. The summed E-state index contributed by atoms with van der Waals surface area (Å²) in [7, 11) is 2.56. The van der Waals surface area contributed by atoms with Gasteiger partial charge in [-0.2, -0.15) is 0 Å². The predicted molar refractivity (Wildman–Crippen MR) is 122 cm³/mol. The number of hydrogen-bond donors (Lipinski definition) is 2. The quantitative estimate of drug-likeness (QED) is 0.429. The largest absolute Gasteiger partial charge is 0.505 e. The summed E-state index contributed by atoms with van der Waals surface area (Å²) in [6.45, 7) is 0. The molecule has 0 radical (unpaired) electrons. The second-order valence-electron chi connectivity index (χ2n) is 7.18. The minimum absolute atomic E-state index is 0.00570. The van der Waals surface area contributed by atoms with Crippen molar-refractivity contribution in [3.63, 3.8) is 0 Å². The normalized spacial score (nSPS) is 11.6. The summed E-state index contributed by atoms with van der Waals surface area (Å²) in [6, 6.07) is 14.8. The molecular formula is C25H21N3O5. The van der Waals surface area contributed by atoms with Gasteiger partial charge >= 0.3 is 11.9 Å². The summed E-state index contributed by atoms with van der Waals surface area (Å²) in [5.41, 5.74) is 2.58. The number of phenolic OH excluding ortho intramolecular Hbond substituents is 1. The highest BCUT2D eigenvalue weighted by Gasteiger charge is 2.23. The highest BCUT2D eigenvalue weighted by atomic mass is 16.5. The van der Waals surface area contributed by atoms with Crippen molar-refractivity contribution in [2.24, 2.45) is 0 Å². The number of carbonyl (C=O) groups is 2. The van der Waals surface area contributed by atoms with Gasteiger partial charge in [-0.25, -0.2) is 9.59 Å². The van der Waals surface area contributed by atoms with Crippen LogP contribution in [0.25, 0.3) is 10.9 Å². The van der Waals surface area contributed by atoms with Crippen molar-refractivity contribution in [2.45, 2.75) is 6.04 Å². The van der Waals surface area contributed by atoms with Crippen molar-refractivity contribution >= 4 is 28.5 Å². The average molecular weight is 443 g/mol. The summed E-state index contributed by atoms with van der Waals surface area (Å²) >= 11 is 0. The number of pyridine rings is 2. The number of phenols is 1. The van der Waals surface area contributed by atoms with Crippen LogP contribution in [0, 0.1) is 0 Å². The molecule has 2 aromatic heterocycles. The van der Waals surface area contributed by atoms with E-state index in [-0.39, 0.29) is 16.9 Å². The summed E-state index contributed by atoms with van der Waals surface area (Å²) in [4.78, 5) is 32.9. The number of methoxy groups -OCH3 is 2. The van der Waals surface area contributed by atoms with Gasteiger partial charge in [0.15, 0.2) is 0 Å². The van der Waals surface area contributed by atoms with Gasteiger partial charge in [0.25, 0.3) is 0 Å². The van der Waals surface area contributed by atoms with Crippen LogP contribution in [0.4, 0.5) is 5.69 Å². The van der Waals surface area contributed by atoms with Crippen LogP contribution >= 0.6 is 0 Å². The number of ether oxygens (including phenoxy) is 2. The lowest BCUT2D eigenvalue weighted by molar-refractivity contribution is 0.0587. The van der Waals surface area contributed by atoms with Crippen molar-refractivity contribution < 1.29 is 24.2 Å². The molecule has 1 atom stereocenters. The predicted octanol–water partition coefficient (Wildman–Crippen LogP) is 4.11. The second-order valence-corrected chi connectivity index (χ2v) is 7.18. The number of benzene rings is 2. The maximum Gasteiger partial charge on any atom is 0.339 e. The van der Waals surface area contributed by atoms with Crippen molar-refractivity contribution in [1.82, 2.24) is 9.97 Å². The molecule has 8 nitrogen and oxygen atoms in total. The Bertz CT molecular complexity index is 1320. The standard InChI is InChI=1S/C25H21N3O5/c1-32-24(30)17-6-7-18(25(31)33-2)20(14-17)28-21(16-9-12-26-13-10-16)19-8-5-15-4-3-11-27-22(15)23(19)29/h3-14,21,28-29H,1-2H3. The van der Waals surface area contributed by atoms with E-state index in [9.17, 15) is 14.7 Å². The van der Waals surface area contributed by atoms with Crippen molar-refractivity contribution in [1.29, 1.82) is 0 Å². The number of esters is 2. The third kappa shape index (κ3) is 4.31. The van der Waals surface area contributed by atoms with E-state index in [1.807, 2.05) is 12.1 Å². The van der Waals surface area contributed by atoms with Gasteiger partial charge in [-0.15, -0.1) is 0 Å². The molecule has 4 rings (SSSR count). The first-order valence-corrected chi connectivity index (χ1v) is 10.1. The molecule has 0 aliphatic rings. The van der Waals surface area contributed by atoms with E-state index in [1.165, 1.54) is 32.4 Å². The second kappa shape index (κ2) is 9.35. The fourth-order valence-electron chi connectivity index (χ4n) is 3.63. The summed E-state index contributed by atoms with van der Waals surface area (Å²) in [5, 5.41) is 15.2. The van der Waals surface area contributed by atoms with Crippen LogP contribution < -0.4 is 5.32 Å². The maximum atomic E-state index is 12.4. The molecule has 0 amide bonds. The fraction of sp³-hybridized carbons (Fsp3) is 0.120. The van der Waals surface area contributed by atoms with Gasteiger partial charge in [-0.1, -0.05) is 18.2 Å². The Morgan fingerprint density at radius 3 is 2.42 bits per heavy atom. The molecule has 0 aliphatic heterocycles. The minimum atomic E-state index is -0.601. The molecule has 0 spiro atoms. The molecule has 2 heterocycles. The van der Waals surface area contributed by atoms with E-state index >= 15 is 0 Å². The van der Waals surface area contributed by atoms with Crippen molar-refractivity contribution in [3.8, 4) is 5.75 Å². The van der Waals surface area contributed by atoms with Gasteiger partial charge in [0.2, 0.25) is 0 Å². The van der Waals surface area contributed by atoms with Gasteiger partial charge in [-0.05, 0) is 42.0 Å². The van der Waals surface area contributed by atoms with E-state index < -0.39 is 18.0 Å². The molecule has 0 saturated heterocycles. The van der Waals surface area contributed by atoms with Gasteiger partial charge in [0, 0.05) is 29.5 Å². The van der Waals surface area contributed by atoms with Crippen molar-refractivity contribution in [3.05, 3.63) is 95.4 Å². The molecule has 8 heteroatoms. The van der Waals surface area contributed by atoms with Crippen LogP contribution in [0.5, 0.6) is 5.75 Å². The Morgan fingerprint density at radius 2 is 1.70 bits per heavy atom. The van der Waals surface area contributed by atoms with Gasteiger partial charge < -0.3 is 19.9 Å². The number of carbonyl (C=O) groups excluding carboxylic acids is 2. The van der Waals surface area contributed by atoms with E-state index in [1.54, 1.807) is 42.9 Å². The zero-order valence-corrected chi connectivity index (χ0v) is 18.0. The number of anilines is 1. The molecule has 0 aliphatic carbocycles. The van der Waals surface area contributed by atoms with Crippen LogP contribution in [0.1, 0.15) is 37.9 Å². The van der Waals surface area contributed by atoms with E-state index in [0.717, 1.165) is 10.9 Å². The number of rotatable bonds is 6. The number of aromatic hydroxyl groups is 1. The summed E-state index contributed by atoms with van der Waals surface area (Å²) in [5.74, 6) is -1.12. The third-order valence-corrected chi connectivity index (χ3v) is 5.28. The first kappa shape index (κ1) is 21.8. The highest BCUT2D eigenvalue weighted by Crippen LogP contribution is 2.37. The number of nitrogens with one attached hydrogen (secondary N) is 1. The van der Waals surface area contributed by atoms with Crippen LogP contribution in [-0.4, -0.2) is 41.2 Å². The SMILES string of the molecule is COC(=O)c1ccc(C(=O)OC)c(NC(c2ccncc2)c2ccc3cccnc3c2O)c1. The first-order chi connectivity index (χ1) is 16.0. The molecule has 0 saturated carbocycles. The van der Waals surface area contributed by atoms with Crippen LogP contribution in [0.2, 0.25) is 0 Å². The molecule has 2 N–H and O–H groups in total. The zero-order chi connectivity index (χ0) is 23.4. The molecule has 4 aromatic rings. The average Bonchev–Trinajstić information content (AvgIpc) is 2.87. The van der Waals surface area contributed by atoms with Crippen molar-refractivity contribution in [2.75, 3.05) is 19.5 Å². The number of fused-ring (bicyclic) bond motifs is 1. The third-order valence-electron chi connectivity index (χ3n) is 5.28. The van der Waals surface area contributed by atoms with Crippen LogP contribution in [0.3, 0.4) is 0 Å². The lowest BCUT2D eigenvalue weighted by Crippen LogP contribution is -2.17. The molecule has 1 unspecified atom stereocenters. The van der Waals surface area contributed by atoms with Crippen LogP contribution in [0.15, 0.2) is 73.2 Å². The topological polar surface area (TPSA) is 111 Å². The van der Waals surface area contributed by atoms with E-state index in [0.29, 0.717) is 16.8 Å². The minimum Gasteiger partial charge on any atom is -0.505 e. The monoisotopic (exact) mass is 443 g/mol. The molecular weight excluding hydrogens is 422 g/mol. The lowest BCUT2D eigenvalue weighted by Gasteiger charge is -2.24. The first-order valence-electron chi connectivity index (χ1n) is 10.1. The molecule has 166 valence electrons. The summed E-state index contributed by atoms with van der Waals surface area (Å²) in [6.07, 6.45) is 4.87. The Hall–Kier alpha value is -4.46. The molecule has 33 heavy (non-hydrogen) atoms. The molecule has 0 bridgehead atoms. The Morgan fingerprint density at radius 1 is 0.939 bits per heavy atom. The van der Waals surface area contributed by atoms with E-state index in [2.05, 4.69) is 15.3 Å². The molecule has 0 fully saturated rings. The van der Waals surface area contributed by atoms with Gasteiger partial charge in [0.05, 0.1) is 37.1 Å². The van der Waals surface area contributed by atoms with E-state index in [4.69, 9.17) is 9.47 Å². The Labute approximate surface area is 189 Å². The summed E-state index contributed by atoms with van der Waals surface area (Å²) < 4.78 is 9.73.